The molecule has 2 aliphatic rings. The van der Waals surface area contributed by atoms with E-state index in [0.29, 0.717) is 6.04 Å². The molecule has 1 unspecified atom stereocenters. The number of nitrogens with one attached hydrogen (secondary N) is 1. The summed E-state index contributed by atoms with van der Waals surface area (Å²) in [4.78, 5) is 5.92. The zero-order valence-corrected chi connectivity index (χ0v) is 14.9. The Hall–Kier alpha value is -1.58. The monoisotopic (exact) mass is 336 g/mol. The van der Waals surface area contributed by atoms with Crippen molar-refractivity contribution in [3.05, 3.63) is 46.5 Å². The van der Waals surface area contributed by atoms with Gasteiger partial charge in [-0.05, 0) is 67.6 Å². The summed E-state index contributed by atoms with van der Waals surface area (Å²) in [6, 6.07) is 11.2. The molecule has 1 aliphatic carbocycles. The number of pyridine rings is 1. The van der Waals surface area contributed by atoms with Gasteiger partial charge < -0.3 is 5.32 Å². The molecule has 0 spiro atoms. The summed E-state index contributed by atoms with van der Waals surface area (Å²) < 4.78 is 0. The number of rotatable bonds is 3. The SMILES string of the molecule is Sc1ccc(-c2cc(CC3CCCCN3)c3c(n2)=CCCC=3)cc1. The molecule has 0 bridgehead atoms. The summed E-state index contributed by atoms with van der Waals surface area (Å²) in [6.07, 6.45) is 11.9. The minimum Gasteiger partial charge on any atom is -0.314 e. The molecule has 1 aliphatic heterocycles. The third-order valence-corrected chi connectivity index (χ3v) is 5.37. The lowest BCUT2D eigenvalue weighted by Gasteiger charge is -2.24. The third-order valence-electron chi connectivity index (χ3n) is 5.07. The summed E-state index contributed by atoms with van der Waals surface area (Å²) in [5.41, 5.74) is 3.70. The molecule has 0 amide bonds. The molecular formula is C21H24N2S. The largest absolute Gasteiger partial charge is 0.314 e. The van der Waals surface area contributed by atoms with E-state index in [2.05, 4.69) is 48.3 Å². The van der Waals surface area contributed by atoms with Gasteiger partial charge in [-0.2, -0.15) is 0 Å². The van der Waals surface area contributed by atoms with Crippen molar-refractivity contribution in [1.82, 2.24) is 10.3 Å². The van der Waals surface area contributed by atoms with Crippen LogP contribution in [0.5, 0.6) is 0 Å². The first-order valence-electron chi connectivity index (χ1n) is 9.03. The summed E-state index contributed by atoms with van der Waals surface area (Å²) in [7, 11) is 0. The highest BCUT2D eigenvalue weighted by Gasteiger charge is 2.15. The second-order valence-electron chi connectivity index (χ2n) is 6.85. The molecule has 1 saturated heterocycles. The van der Waals surface area contributed by atoms with Crippen LogP contribution in [-0.2, 0) is 6.42 Å². The number of benzene rings is 1. The van der Waals surface area contributed by atoms with E-state index in [9.17, 15) is 0 Å². The Labute approximate surface area is 149 Å². The number of nitrogens with zero attached hydrogens (tertiary/aromatic N) is 1. The highest BCUT2D eigenvalue weighted by Crippen LogP contribution is 2.20. The Morgan fingerprint density at radius 2 is 1.92 bits per heavy atom. The highest BCUT2D eigenvalue weighted by atomic mass is 32.1. The minimum absolute atomic E-state index is 0.605. The Balaban J connectivity index is 1.76. The maximum Gasteiger partial charge on any atom is 0.0712 e. The molecule has 1 atom stereocenters. The second-order valence-corrected chi connectivity index (χ2v) is 7.37. The molecule has 0 radical (unpaired) electrons. The van der Waals surface area contributed by atoms with Crippen molar-refractivity contribution in [2.24, 2.45) is 0 Å². The van der Waals surface area contributed by atoms with E-state index in [0.717, 1.165) is 36.4 Å². The van der Waals surface area contributed by atoms with Gasteiger partial charge in [0, 0.05) is 16.5 Å². The van der Waals surface area contributed by atoms with E-state index in [-0.39, 0.29) is 0 Å². The van der Waals surface area contributed by atoms with Gasteiger partial charge >= 0.3 is 0 Å². The van der Waals surface area contributed by atoms with Gasteiger partial charge in [0.2, 0.25) is 0 Å². The van der Waals surface area contributed by atoms with E-state index >= 15 is 0 Å². The van der Waals surface area contributed by atoms with Gasteiger partial charge in [-0.25, -0.2) is 4.98 Å². The predicted octanol–water partition coefficient (Wildman–Crippen LogP) is 3.08. The topological polar surface area (TPSA) is 24.9 Å². The van der Waals surface area contributed by atoms with Crippen molar-refractivity contribution in [2.75, 3.05) is 6.54 Å². The Bertz CT molecular complexity index is 833. The number of thiol groups is 1. The molecule has 1 N–H and O–H groups in total. The van der Waals surface area contributed by atoms with Gasteiger partial charge in [0.25, 0.3) is 0 Å². The van der Waals surface area contributed by atoms with E-state index in [1.54, 1.807) is 0 Å². The van der Waals surface area contributed by atoms with Crippen molar-refractivity contribution >= 4 is 24.8 Å². The number of fused-ring (bicyclic) bond motifs is 1. The molecule has 2 aromatic rings. The fourth-order valence-corrected chi connectivity index (χ4v) is 3.93. The van der Waals surface area contributed by atoms with Crippen molar-refractivity contribution in [3.8, 4) is 11.3 Å². The van der Waals surface area contributed by atoms with Crippen LogP contribution in [-0.4, -0.2) is 17.6 Å². The van der Waals surface area contributed by atoms with Gasteiger partial charge in [0.15, 0.2) is 0 Å². The lowest BCUT2D eigenvalue weighted by Crippen LogP contribution is -2.40. The molecule has 124 valence electrons. The molecule has 1 aromatic carbocycles. The first-order valence-corrected chi connectivity index (χ1v) is 9.47. The molecule has 0 saturated carbocycles. The maximum absolute atomic E-state index is 4.93. The fraction of sp³-hybridized carbons (Fsp3) is 0.381. The first-order chi connectivity index (χ1) is 11.8. The quantitative estimate of drug-likeness (QED) is 0.842. The zero-order valence-electron chi connectivity index (χ0n) is 14.0. The van der Waals surface area contributed by atoms with Crippen molar-refractivity contribution in [2.45, 2.75) is 49.5 Å². The van der Waals surface area contributed by atoms with Crippen LogP contribution in [0.25, 0.3) is 23.4 Å². The average Bonchev–Trinajstić information content (AvgIpc) is 2.63. The van der Waals surface area contributed by atoms with Gasteiger partial charge in [0.05, 0.1) is 11.0 Å². The predicted molar refractivity (Wildman–Crippen MR) is 104 cm³/mol. The van der Waals surface area contributed by atoms with Gasteiger partial charge in [-0.1, -0.05) is 30.7 Å². The van der Waals surface area contributed by atoms with Crippen LogP contribution >= 0.6 is 12.6 Å². The Morgan fingerprint density at radius 1 is 1.08 bits per heavy atom. The molecule has 24 heavy (non-hydrogen) atoms. The molecule has 1 aromatic heterocycles. The van der Waals surface area contributed by atoms with Crippen LogP contribution in [0.2, 0.25) is 0 Å². The molecule has 2 heterocycles. The summed E-state index contributed by atoms with van der Waals surface area (Å²) in [5.74, 6) is 0. The smallest absolute Gasteiger partial charge is 0.0712 e. The fourth-order valence-electron chi connectivity index (χ4n) is 3.78. The average molecular weight is 337 g/mol. The van der Waals surface area contributed by atoms with Gasteiger partial charge in [0.1, 0.15) is 0 Å². The number of hydrogen-bond donors (Lipinski definition) is 2. The first kappa shape index (κ1) is 15.9. The lowest BCUT2D eigenvalue weighted by atomic mass is 9.94. The summed E-state index contributed by atoms with van der Waals surface area (Å²) >= 11 is 4.39. The van der Waals surface area contributed by atoms with Crippen molar-refractivity contribution in [1.29, 1.82) is 0 Å². The second kappa shape index (κ2) is 7.12. The van der Waals surface area contributed by atoms with Gasteiger partial charge in [-0.15, -0.1) is 12.6 Å². The van der Waals surface area contributed by atoms with E-state index < -0.39 is 0 Å². The molecule has 3 heteroatoms. The van der Waals surface area contributed by atoms with Crippen molar-refractivity contribution < 1.29 is 0 Å². The standard InChI is InChI=1S/C21H24N2S/c24-18-10-8-15(9-11-18)21-14-16(13-17-5-3-4-12-22-17)19-6-1-2-7-20(19)23-21/h6-11,14,17,22,24H,1-5,12-13H2. The summed E-state index contributed by atoms with van der Waals surface area (Å²) in [5, 5.41) is 6.22. The van der Waals surface area contributed by atoms with E-state index in [1.807, 2.05) is 12.1 Å². The van der Waals surface area contributed by atoms with Crippen LogP contribution < -0.4 is 15.9 Å². The summed E-state index contributed by atoms with van der Waals surface area (Å²) in [6.45, 7) is 1.16. The van der Waals surface area contributed by atoms with Crippen LogP contribution in [0.4, 0.5) is 0 Å². The number of hydrogen-bond acceptors (Lipinski definition) is 3. The molecule has 4 rings (SSSR count). The Morgan fingerprint density at radius 3 is 2.71 bits per heavy atom. The zero-order chi connectivity index (χ0) is 16.4. The molecule has 2 nitrogen and oxygen atoms in total. The van der Waals surface area contributed by atoms with Crippen LogP contribution in [0, 0.1) is 0 Å². The highest BCUT2D eigenvalue weighted by molar-refractivity contribution is 7.80. The lowest BCUT2D eigenvalue weighted by molar-refractivity contribution is 0.399. The molecular weight excluding hydrogens is 312 g/mol. The Kier molecular flexibility index (Phi) is 4.72. The van der Waals surface area contributed by atoms with Crippen LogP contribution in [0.3, 0.4) is 0 Å². The number of piperidine rings is 1. The normalized spacial score (nSPS) is 20.0. The maximum atomic E-state index is 4.93. The van der Waals surface area contributed by atoms with Crippen molar-refractivity contribution in [3.63, 3.8) is 0 Å². The third kappa shape index (κ3) is 3.42. The van der Waals surface area contributed by atoms with E-state index in [4.69, 9.17) is 4.98 Å². The molecule has 1 fully saturated rings. The van der Waals surface area contributed by atoms with Crippen LogP contribution in [0.1, 0.15) is 37.7 Å². The minimum atomic E-state index is 0.605. The van der Waals surface area contributed by atoms with E-state index in [1.165, 1.54) is 41.0 Å². The van der Waals surface area contributed by atoms with Gasteiger partial charge in [-0.3, -0.25) is 0 Å². The van der Waals surface area contributed by atoms with Crippen LogP contribution in [0.15, 0.2) is 35.2 Å². The number of aromatic nitrogens is 1.